The molecular formula is C15H34N2O2. The van der Waals surface area contributed by atoms with Gasteiger partial charge in [0.1, 0.15) is 0 Å². The molecule has 0 saturated heterocycles. The number of nitrogens with two attached hydrogens (primary N) is 1. The topological polar surface area (TPSA) is 69.7 Å². The Labute approximate surface area is 119 Å². The van der Waals surface area contributed by atoms with Gasteiger partial charge in [-0.1, -0.05) is 26.7 Å². The smallest absolute Gasteiger partial charge is 0.0675 e. The summed E-state index contributed by atoms with van der Waals surface area (Å²) >= 11 is 0. The van der Waals surface area contributed by atoms with Gasteiger partial charge < -0.3 is 15.9 Å². The fourth-order valence-corrected chi connectivity index (χ4v) is 2.45. The highest BCUT2D eigenvalue weighted by Gasteiger charge is 2.21. The molecule has 2 atom stereocenters. The van der Waals surface area contributed by atoms with E-state index >= 15 is 0 Å². The minimum Gasteiger partial charge on any atom is -0.396 e. The maximum Gasteiger partial charge on any atom is 0.0675 e. The van der Waals surface area contributed by atoms with E-state index < -0.39 is 6.10 Å². The van der Waals surface area contributed by atoms with Crippen LogP contribution in [0.15, 0.2) is 0 Å². The summed E-state index contributed by atoms with van der Waals surface area (Å²) in [6.07, 6.45) is 6.07. The molecule has 4 N–H and O–H groups in total. The molecule has 19 heavy (non-hydrogen) atoms. The second-order valence-corrected chi connectivity index (χ2v) is 5.56. The van der Waals surface area contributed by atoms with E-state index in [1.165, 1.54) is 25.7 Å². The first-order valence-corrected chi connectivity index (χ1v) is 7.85. The van der Waals surface area contributed by atoms with Crippen molar-refractivity contribution in [3.05, 3.63) is 0 Å². The Hall–Kier alpha value is -0.160. The molecule has 0 spiro atoms. The highest BCUT2D eigenvalue weighted by molar-refractivity contribution is 4.78. The van der Waals surface area contributed by atoms with Crippen molar-refractivity contribution in [2.24, 2.45) is 5.73 Å². The van der Waals surface area contributed by atoms with Crippen LogP contribution >= 0.6 is 0 Å². The second kappa shape index (κ2) is 11.6. The van der Waals surface area contributed by atoms with Crippen molar-refractivity contribution in [3.8, 4) is 0 Å². The fourth-order valence-electron chi connectivity index (χ4n) is 2.45. The molecule has 4 heteroatoms. The van der Waals surface area contributed by atoms with E-state index in [-0.39, 0.29) is 12.6 Å². The highest BCUT2D eigenvalue weighted by atomic mass is 16.3. The summed E-state index contributed by atoms with van der Waals surface area (Å²) in [5.41, 5.74) is 6.01. The number of hydrogen-bond acceptors (Lipinski definition) is 4. The Morgan fingerprint density at radius 2 is 1.68 bits per heavy atom. The quantitative estimate of drug-likeness (QED) is 0.474. The van der Waals surface area contributed by atoms with E-state index in [1.54, 1.807) is 6.92 Å². The third-order valence-corrected chi connectivity index (χ3v) is 3.68. The van der Waals surface area contributed by atoms with E-state index in [4.69, 9.17) is 10.8 Å². The van der Waals surface area contributed by atoms with Crippen LogP contribution in [0.5, 0.6) is 0 Å². The van der Waals surface area contributed by atoms with Crippen molar-refractivity contribution in [2.75, 3.05) is 19.7 Å². The predicted molar refractivity (Wildman–Crippen MR) is 81.2 cm³/mol. The van der Waals surface area contributed by atoms with Crippen molar-refractivity contribution >= 4 is 0 Å². The molecule has 4 nitrogen and oxygen atoms in total. The highest BCUT2D eigenvalue weighted by Crippen LogP contribution is 2.15. The molecule has 0 aliphatic rings. The summed E-state index contributed by atoms with van der Waals surface area (Å²) in [4.78, 5) is 2.42. The molecule has 2 unspecified atom stereocenters. The van der Waals surface area contributed by atoms with Gasteiger partial charge >= 0.3 is 0 Å². The zero-order valence-corrected chi connectivity index (χ0v) is 13.0. The first-order valence-electron chi connectivity index (χ1n) is 7.85. The molecule has 0 amide bonds. The fraction of sp³-hybridized carbons (Fsp3) is 1.00. The second-order valence-electron chi connectivity index (χ2n) is 5.56. The lowest BCUT2D eigenvalue weighted by Crippen LogP contribution is -2.48. The number of nitrogens with zero attached hydrogens (tertiary/aromatic N) is 1. The monoisotopic (exact) mass is 274 g/mol. The molecule has 0 bridgehead atoms. The van der Waals surface area contributed by atoms with Crippen molar-refractivity contribution in [3.63, 3.8) is 0 Å². The van der Waals surface area contributed by atoms with Crippen LogP contribution in [-0.4, -0.2) is 53.0 Å². The summed E-state index contributed by atoms with van der Waals surface area (Å²) in [5.74, 6) is 0. The zero-order chi connectivity index (χ0) is 14.7. The van der Waals surface area contributed by atoms with Gasteiger partial charge in [-0.25, -0.2) is 0 Å². The number of rotatable bonds is 12. The minimum atomic E-state index is -0.468. The summed E-state index contributed by atoms with van der Waals surface area (Å²) in [6.45, 7) is 8.14. The Balaban J connectivity index is 4.49. The molecule has 0 heterocycles. The van der Waals surface area contributed by atoms with Crippen LogP contribution in [0.1, 0.15) is 59.3 Å². The van der Waals surface area contributed by atoms with Crippen LogP contribution in [0.4, 0.5) is 0 Å². The molecule has 116 valence electrons. The normalized spacial score (nSPS) is 15.2. The van der Waals surface area contributed by atoms with E-state index in [0.717, 1.165) is 25.9 Å². The molecule has 0 fully saturated rings. The summed E-state index contributed by atoms with van der Waals surface area (Å²) in [7, 11) is 0. The van der Waals surface area contributed by atoms with Gasteiger partial charge in [0.05, 0.1) is 6.10 Å². The third-order valence-electron chi connectivity index (χ3n) is 3.68. The third kappa shape index (κ3) is 8.58. The molecular weight excluding hydrogens is 240 g/mol. The average molecular weight is 274 g/mol. The van der Waals surface area contributed by atoms with E-state index in [1.807, 2.05) is 0 Å². The molecule has 0 aromatic rings. The van der Waals surface area contributed by atoms with Crippen molar-refractivity contribution < 1.29 is 10.2 Å². The SMILES string of the molecule is CCCC(CCC)N(CCCCO)CC(N)C(C)O. The molecule has 0 radical (unpaired) electrons. The first kappa shape index (κ1) is 18.8. The van der Waals surface area contributed by atoms with Crippen LogP contribution in [0.3, 0.4) is 0 Å². The molecule has 0 saturated carbocycles. The Morgan fingerprint density at radius 3 is 2.11 bits per heavy atom. The number of aliphatic hydroxyl groups is 2. The number of hydrogen-bond donors (Lipinski definition) is 3. The van der Waals surface area contributed by atoms with Gasteiger partial charge in [0.15, 0.2) is 0 Å². The zero-order valence-electron chi connectivity index (χ0n) is 13.0. The minimum absolute atomic E-state index is 0.190. The van der Waals surface area contributed by atoms with Gasteiger partial charge in [-0.15, -0.1) is 0 Å². The lowest BCUT2D eigenvalue weighted by Gasteiger charge is -2.34. The van der Waals surface area contributed by atoms with E-state index in [0.29, 0.717) is 6.04 Å². The lowest BCUT2D eigenvalue weighted by molar-refractivity contribution is 0.103. The predicted octanol–water partition coefficient (Wildman–Crippen LogP) is 1.74. The Morgan fingerprint density at radius 1 is 1.11 bits per heavy atom. The number of unbranched alkanes of at least 4 members (excludes halogenated alkanes) is 1. The van der Waals surface area contributed by atoms with Gasteiger partial charge in [0, 0.05) is 25.2 Å². The standard InChI is InChI=1S/C15H34N2O2/c1-4-8-14(9-5-2)17(10-6-7-11-18)12-15(16)13(3)19/h13-15,18-19H,4-12,16H2,1-3H3. The van der Waals surface area contributed by atoms with Crippen LogP contribution in [0, 0.1) is 0 Å². The van der Waals surface area contributed by atoms with Gasteiger partial charge in [0.2, 0.25) is 0 Å². The van der Waals surface area contributed by atoms with Crippen molar-refractivity contribution in [2.45, 2.75) is 77.5 Å². The largest absolute Gasteiger partial charge is 0.396 e. The molecule has 0 rings (SSSR count). The molecule has 0 aliphatic carbocycles. The van der Waals surface area contributed by atoms with Crippen LogP contribution in [-0.2, 0) is 0 Å². The van der Waals surface area contributed by atoms with Crippen LogP contribution < -0.4 is 5.73 Å². The van der Waals surface area contributed by atoms with Crippen LogP contribution in [0.2, 0.25) is 0 Å². The van der Waals surface area contributed by atoms with Gasteiger partial charge in [0.25, 0.3) is 0 Å². The summed E-state index contributed by atoms with van der Waals surface area (Å²) < 4.78 is 0. The first-order chi connectivity index (χ1) is 9.06. The molecule has 0 aromatic carbocycles. The Kier molecular flexibility index (Phi) is 11.6. The maximum atomic E-state index is 9.59. The lowest BCUT2D eigenvalue weighted by atomic mass is 10.0. The molecule has 0 aliphatic heterocycles. The summed E-state index contributed by atoms with van der Waals surface area (Å²) in [5, 5.41) is 18.5. The van der Waals surface area contributed by atoms with Gasteiger partial charge in [-0.05, 0) is 39.2 Å². The van der Waals surface area contributed by atoms with Crippen LogP contribution in [0.25, 0.3) is 0 Å². The molecule has 0 aromatic heterocycles. The van der Waals surface area contributed by atoms with E-state index in [9.17, 15) is 5.11 Å². The van der Waals surface area contributed by atoms with Gasteiger partial charge in [-0.3, -0.25) is 4.90 Å². The maximum absolute atomic E-state index is 9.59. The summed E-state index contributed by atoms with van der Waals surface area (Å²) in [6, 6.07) is 0.365. The van der Waals surface area contributed by atoms with E-state index in [2.05, 4.69) is 18.7 Å². The van der Waals surface area contributed by atoms with Crippen molar-refractivity contribution in [1.29, 1.82) is 0 Å². The average Bonchev–Trinajstić information content (AvgIpc) is 2.37. The van der Waals surface area contributed by atoms with Crippen molar-refractivity contribution in [1.82, 2.24) is 4.90 Å². The van der Waals surface area contributed by atoms with Gasteiger partial charge in [-0.2, -0.15) is 0 Å². The number of aliphatic hydroxyl groups excluding tert-OH is 2. The Bertz CT molecular complexity index is 195.